The van der Waals surface area contributed by atoms with Crippen LogP contribution in [0.1, 0.15) is 6.42 Å². The Morgan fingerprint density at radius 3 is 2.89 bits per heavy atom. The number of aliphatic carboxylic acids is 1. The van der Waals surface area contributed by atoms with Crippen LogP contribution in [-0.2, 0) is 14.4 Å². The lowest BCUT2D eigenvalue weighted by Crippen LogP contribution is -2.29. The number of halogens is 2. The topological polar surface area (TPSA) is 88.0 Å². The summed E-state index contributed by atoms with van der Waals surface area (Å²) in [6.45, 7) is 0. The number of nitrogens with one attached hydrogen (secondary N) is 1. The molecule has 2 N–H and O–H groups in total. The van der Waals surface area contributed by atoms with E-state index in [4.69, 9.17) is 16.7 Å². The second-order valence-electron chi connectivity index (χ2n) is 3.75. The number of benzene rings is 1. The van der Waals surface area contributed by atoms with Crippen LogP contribution in [-0.4, -0.2) is 28.8 Å². The molecular formula is C11H8ClFN2O4. The summed E-state index contributed by atoms with van der Waals surface area (Å²) >= 11 is 5.78. The first-order valence-corrected chi connectivity index (χ1v) is 5.57. The highest BCUT2D eigenvalue weighted by atomic mass is 35.5. The van der Waals surface area contributed by atoms with Crippen LogP contribution >= 0.6 is 11.6 Å². The monoisotopic (exact) mass is 286 g/mol. The van der Waals surface area contributed by atoms with Crippen LogP contribution in [0.15, 0.2) is 23.4 Å². The van der Waals surface area contributed by atoms with Gasteiger partial charge in [0.1, 0.15) is 5.82 Å². The summed E-state index contributed by atoms with van der Waals surface area (Å²) in [5, 5.41) is 14.4. The maximum absolute atomic E-state index is 13.0. The van der Waals surface area contributed by atoms with Crippen molar-refractivity contribution in [1.29, 1.82) is 0 Å². The summed E-state index contributed by atoms with van der Waals surface area (Å²) in [5.41, 5.74) is -0.162. The first kappa shape index (κ1) is 13.3. The van der Waals surface area contributed by atoms with Crippen molar-refractivity contribution >= 4 is 34.9 Å². The molecule has 8 heteroatoms. The van der Waals surface area contributed by atoms with Gasteiger partial charge < -0.3 is 15.3 Å². The van der Waals surface area contributed by atoms with E-state index in [1.165, 1.54) is 6.07 Å². The van der Waals surface area contributed by atoms with Crippen molar-refractivity contribution in [1.82, 2.24) is 0 Å². The lowest BCUT2D eigenvalue weighted by Gasteiger charge is -2.10. The maximum atomic E-state index is 13.0. The average Bonchev–Trinajstić information content (AvgIpc) is 2.83. The Kier molecular flexibility index (Phi) is 3.66. The van der Waals surface area contributed by atoms with Crippen LogP contribution in [0.25, 0.3) is 0 Å². The number of hydrogen-bond acceptors (Lipinski definition) is 4. The average molecular weight is 287 g/mol. The van der Waals surface area contributed by atoms with Gasteiger partial charge in [0.2, 0.25) is 6.10 Å². The minimum absolute atomic E-state index is 0.0824. The largest absolute Gasteiger partial charge is 0.477 e. The van der Waals surface area contributed by atoms with Crippen molar-refractivity contribution in [2.24, 2.45) is 5.16 Å². The SMILES string of the molecule is O=C(O)C1=NOC(C(=O)Nc2cc(F)ccc2Cl)C1. The predicted octanol–water partition coefficient (Wildman–Crippen LogP) is 1.65. The van der Waals surface area contributed by atoms with E-state index in [-0.39, 0.29) is 22.8 Å². The Morgan fingerprint density at radius 1 is 1.53 bits per heavy atom. The molecule has 0 radical (unpaired) electrons. The predicted molar refractivity (Wildman–Crippen MR) is 64.6 cm³/mol. The third-order valence-corrected chi connectivity index (χ3v) is 2.72. The van der Waals surface area contributed by atoms with E-state index >= 15 is 0 Å². The number of nitrogens with zero attached hydrogens (tertiary/aromatic N) is 1. The number of amides is 1. The highest BCUT2D eigenvalue weighted by Crippen LogP contribution is 2.23. The van der Waals surface area contributed by atoms with Crippen molar-refractivity contribution < 1.29 is 23.9 Å². The number of rotatable bonds is 3. The Hall–Kier alpha value is -2.15. The van der Waals surface area contributed by atoms with E-state index in [0.29, 0.717) is 0 Å². The van der Waals surface area contributed by atoms with Crippen LogP contribution in [0, 0.1) is 5.82 Å². The molecular weight excluding hydrogens is 279 g/mol. The van der Waals surface area contributed by atoms with Crippen LogP contribution in [0.3, 0.4) is 0 Å². The number of oxime groups is 1. The lowest BCUT2D eigenvalue weighted by molar-refractivity contribution is -0.129. The standard InChI is InChI=1S/C11H8ClFN2O4/c12-6-2-1-5(13)3-7(6)14-10(16)9-4-8(11(17)18)15-19-9/h1-3,9H,4H2,(H,14,16)(H,17,18). The van der Waals surface area contributed by atoms with Gasteiger partial charge in [-0.05, 0) is 18.2 Å². The molecule has 1 unspecified atom stereocenters. The fraction of sp³-hybridized carbons (Fsp3) is 0.182. The first-order chi connectivity index (χ1) is 8.97. The molecule has 1 aromatic carbocycles. The summed E-state index contributed by atoms with van der Waals surface area (Å²) in [7, 11) is 0. The van der Waals surface area contributed by atoms with Gasteiger partial charge in [-0.3, -0.25) is 4.79 Å². The van der Waals surface area contributed by atoms with Crippen LogP contribution in [0.5, 0.6) is 0 Å². The smallest absolute Gasteiger partial charge is 0.353 e. The summed E-state index contributed by atoms with van der Waals surface area (Å²) in [6.07, 6.45) is -1.22. The van der Waals surface area contributed by atoms with Crippen molar-refractivity contribution in [3.8, 4) is 0 Å². The second kappa shape index (κ2) is 5.23. The fourth-order valence-corrected chi connectivity index (χ4v) is 1.62. The van der Waals surface area contributed by atoms with E-state index < -0.39 is 23.8 Å². The third-order valence-electron chi connectivity index (χ3n) is 2.39. The van der Waals surface area contributed by atoms with Gasteiger partial charge in [-0.25, -0.2) is 9.18 Å². The molecule has 1 heterocycles. The van der Waals surface area contributed by atoms with Gasteiger partial charge in [0.05, 0.1) is 10.7 Å². The molecule has 0 aliphatic carbocycles. The van der Waals surface area contributed by atoms with Crippen molar-refractivity contribution in [2.45, 2.75) is 12.5 Å². The van der Waals surface area contributed by atoms with Crippen molar-refractivity contribution in [2.75, 3.05) is 5.32 Å². The number of anilines is 1. The lowest BCUT2D eigenvalue weighted by atomic mass is 10.1. The molecule has 0 bridgehead atoms. The number of hydrogen-bond donors (Lipinski definition) is 2. The van der Waals surface area contributed by atoms with Gasteiger partial charge in [0.25, 0.3) is 5.91 Å². The molecule has 1 aliphatic heterocycles. The van der Waals surface area contributed by atoms with E-state index in [2.05, 4.69) is 15.3 Å². The molecule has 0 fully saturated rings. The first-order valence-electron chi connectivity index (χ1n) is 5.19. The summed E-state index contributed by atoms with van der Waals surface area (Å²) in [5.74, 6) is -2.46. The maximum Gasteiger partial charge on any atom is 0.353 e. The van der Waals surface area contributed by atoms with E-state index in [1.54, 1.807) is 0 Å². The molecule has 2 rings (SSSR count). The molecule has 0 aromatic heterocycles. The Bertz CT molecular complexity index is 576. The number of carbonyl (C=O) groups excluding carboxylic acids is 1. The zero-order valence-corrected chi connectivity index (χ0v) is 10.1. The molecule has 1 aromatic rings. The highest BCUT2D eigenvalue weighted by molar-refractivity contribution is 6.36. The van der Waals surface area contributed by atoms with Gasteiger partial charge in [-0.1, -0.05) is 16.8 Å². The molecule has 0 saturated carbocycles. The molecule has 1 amide bonds. The van der Waals surface area contributed by atoms with Gasteiger partial charge in [-0.2, -0.15) is 0 Å². The van der Waals surface area contributed by atoms with Gasteiger partial charge in [0, 0.05) is 6.42 Å². The Labute approximate surface area is 111 Å². The quantitative estimate of drug-likeness (QED) is 0.884. The van der Waals surface area contributed by atoms with Crippen LogP contribution in [0.2, 0.25) is 5.02 Å². The molecule has 1 atom stereocenters. The molecule has 0 spiro atoms. The summed E-state index contributed by atoms with van der Waals surface area (Å²) < 4.78 is 13.0. The van der Waals surface area contributed by atoms with Gasteiger partial charge in [-0.15, -0.1) is 0 Å². The number of carboxylic acids is 1. The van der Waals surface area contributed by atoms with E-state index in [9.17, 15) is 14.0 Å². The zero-order chi connectivity index (χ0) is 14.0. The molecule has 100 valence electrons. The van der Waals surface area contributed by atoms with Gasteiger partial charge >= 0.3 is 5.97 Å². The van der Waals surface area contributed by atoms with Crippen LogP contribution in [0.4, 0.5) is 10.1 Å². The van der Waals surface area contributed by atoms with Gasteiger partial charge in [0.15, 0.2) is 5.71 Å². The summed E-state index contributed by atoms with van der Waals surface area (Å²) in [6, 6.07) is 3.49. The minimum atomic E-state index is -1.25. The van der Waals surface area contributed by atoms with Crippen LogP contribution < -0.4 is 5.32 Å². The third kappa shape index (κ3) is 3.00. The molecule has 1 aliphatic rings. The summed E-state index contributed by atoms with van der Waals surface area (Å²) in [4.78, 5) is 27.1. The minimum Gasteiger partial charge on any atom is -0.477 e. The molecule has 0 saturated heterocycles. The molecule has 6 nitrogen and oxygen atoms in total. The van der Waals surface area contributed by atoms with E-state index in [1.807, 2.05) is 0 Å². The Balaban J connectivity index is 2.03. The zero-order valence-electron chi connectivity index (χ0n) is 9.39. The van der Waals surface area contributed by atoms with Crippen molar-refractivity contribution in [3.63, 3.8) is 0 Å². The second-order valence-corrected chi connectivity index (χ2v) is 4.16. The molecule has 19 heavy (non-hydrogen) atoms. The van der Waals surface area contributed by atoms with E-state index in [0.717, 1.165) is 12.1 Å². The number of carboxylic acid groups (broad SMARTS) is 1. The normalized spacial score (nSPS) is 17.6. The number of carbonyl (C=O) groups is 2. The van der Waals surface area contributed by atoms with Crippen molar-refractivity contribution in [3.05, 3.63) is 29.0 Å². The fourth-order valence-electron chi connectivity index (χ4n) is 1.45. The highest BCUT2D eigenvalue weighted by Gasteiger charge is 2.31. The Morgan fingerprint density at radius 2 is 2.26 bits per heavy atom.